The molecule has 2 aliphatic heterocycles. The van der Waals surface area contributed by atoms with Crippen LogP contribution in [0.4, 0.5) is 5.82 Å². The van der Waals surface area contributed by atoms with E-state index in [0.29, 0.717) is 32.8 Å². The zero-order valence-corrected chi connectivity index (χ0v) is 21.1. The van der Waals surface area contributed by atoms with Crippen molar-refractivity contribution < 1.29 is 9.53 Å². The molecule has 0 N–H and O–H groups in total. The smallest absolute Gasteiger partial charge is 0.267 e. The number of carbonyl (C=O) groups excluding carboxylic acids is 1. The third-order valence-electron chi connectivity index (χ3n) is 6.20. The predicted molar refractivity (Wildman–Crippen MR) is 143 cm³/mol. The molecule has 8 nitrogen and oxygen atoms in total. The van der Waals surface area contributed by atoms with Gasteiger partial charge in [0.15, 0.2) is 0 Å². The molecule has 0 radical (unpaired) electrons. The molecular weight excluding hydrogens is 482 g/mol. The van der Waals surface area contributed by atoms with Crippen LogP contribution in [0.1, 0.15) is 11.1 Å². The number of hydrogen-bond acceptors (Lipinski definition) is 8. The SMILES string of the molecule is COc1ccc(CN2C(=O)C(=Cc3c(N4CCN(C)CC4)nc4ccccn4c3=O)SC2=S)cc1. The molecular formula is C25H25N5O3S2. The number of thiocarbonyl (C=S) groups is 1. The van der Waals surface area contributed by atoms with E-state index in [1.165, 1.54) is 16.2 Å². The molecule has 0 aliphatic carbocycles. The zero-order chi connectivity index (χ0) is 24.5. The zero-order valence-electron chi connectivity index (χ0n) is 19.5. The lowest BCUT2D eigenvalue weighted by Crippen LogP contribution is -2.45. The quantitative estimate of drug-likeness (QED) is 0.386. The standard InChI is InChI=1S/C25H25N5O3S2/c1-27-11-13-28(14-12-27)22-19(23(31)29-10-4-3-5-21(29)26-22)15-20-24(32)30(25(34)35-20)16-17-6-8-18(33-2)9-7-17/h3-10,15H,11-14,16H2,1-2H3. The number of benzene rings is 1. The molecule has 3 aromatic rings. The lowest BCUT2D eigenvalue weighted by Gasteiger charge is -2.34. The van der Waals surface area contributed by atoms with Gasteiger partial charge in [-0.3, -0.25) is 18.9 Å². The van der Waals surface area contributed by atoms with E-state index in [1.807, 2.05) is 36.4 Å². The van der Waals surface area contributed by atoms with Crippen molar-refractivity contribution in [2.24, 2.45) is 0 Å². The van der Waals surface area contributed by atoms with E-state index >= 15 is 0 Å². The summed E-state index contributed by atoms with van der Waals surface area (Å²) >= 11 is 6.74. The molecule has 4 heterocycles. The number of amides is 1. The van der Waals surface area contributed by atoms with Crippen LogP contribution in [0.3, 0.4) is 0 Å². The average Bonchev–Trinajstić information content (AvgIpc) is 3.14. The molecule has 2 aromatic heterocycles. The monoisotopic (exact) mass is 507 g/mol. The number of methoxy groups -OCH3 is 1. The Labute approximate surface area is 212 Å². The van der Waals surface area contributed by atoms with Gasteiger partial charge in [-0.2, -0.15) is 0 Å². The second-order valence-corrected chi connectivity index (χ2v) is 10.2. The molecule has 1 amide bonds. The van der Waals surface area contributed by atoms with Crippen LogP contribution >= 0.6 is 24.0 Å². The Morgan fingerprint density at radius 1 is 1.09 bits per heavy atom. The minimum atomic E-state index is -0.210. The van der Waals surface area contributed by atoms with Crippen LogP contribution < -0.4 is 15.2 Å². The van der Waals surface area contributed by atoms with Gasteiger partial charge in [0.25, 0.3) is 11.5 Å². The van der Waals surface area contributed by atoms with E-state index in [2.05, 4.69) is 16.8 Å². The van der Waals surface area contributed by atoms with Crippen molar-refractivity contribution in [2.75, 3.05) is 45.2 Å². The number of fused-ring (bicyclic) bond motifs is 1. The summed E-state index contributed by atoms with van der Waals surface area (Å²) in [5.41, 5.74) is 1.72. The number of hydrogen-bond donors (Lipinski definition) is 0. The lowest BCUT2D eigenvalue weighted by molar-refractivity contribution is -0.122. The molecule has 5 rings (SSSR count). The lowest BCUT2D eigenvalue weighted by atomic mass is 10.2. The number of piperazine rings is 1. The number of rotatable bonds is 5. The fourth-order valence-corrected chi connectivity index (χ4v) is 5.39. The Bertz CT molecular complexity index is 1380. The highest BCUT2D eigenvalue weighted by molar-refractivity contribution is 8.26. The predicted octanol–water partition coefficient (Wildman–Crippen LogP) is 2.86. The molecule has 2 saturated heterocycles. The fraction of sp³-hybridized carbons (Fsp3) is 0.280. The first-order valence-corrected chi connectivity index (χ1v) is 12.5. The molecule has 180 valence electrons. The summed E-state index contributed by atoms with van der Waals surface area (Å²) in [7, 11) is 3.69. The molecule has 0 spiro atoms. The number of aromatic nitrogens is 2. The molecule has 1 aromatic carbocycles. The molecule has 0 unspecified atom stereocenters. The van der Waals surface area contributed by atoms with Crippen LogP contribution in [-0.2, 0) is 11.3 Å². The Hall–Kier alpha value is -3.21. The van der Waals surface area contributed by atoms with Crippen molar-refractivity contribution in [2.45, 2.75) is 6.54 Å². The first-order valence-electron chi connectivity index (χ1n) is 11.3. The average molecular weight is 508 g/mol. The van der Waals surface area contributed by atoms with Crippen molar-refractivity contribution >= 4 is 51.7 Å². The number of nitrogens with zero attached hydrogens (tertiary/aromatic N) is 5. The van der Waals surface area contributed by atoms with E-state index in [0.717, 1.165) is 37.5 Å². The number of pyridine rings is 1. The van der Waals surface area contributed by atoms with Crippen molar-refractivity contribution in [3.05, 3.63) is 75.0 Å². The van der Waals surface area contributed by atoms with Gasteiger partial charge in [0.05, 0.1) is 24.1 Å². The van der Waals surface area contributed by atoms with Gasteiger partial charge in [-0.25, -0.2) is 4.98 Å². The number of ether oxygens (including phenoxy) is 1. The van der Waals surface area contributed by atoms with Gasteiger partial charge in [0, 0.05) is 32.4 Å². The van der Waals surface area contributed by atoms with E-state index in [4.69, 9.17) is 21.9 Å². The third-order valence-corrected chi connectivity index (χ3v) is 7.58. The van der Waals surface area contributed by atoms with E-state index < -0.39 is 0 Å². The van der Waals surface area contributed by atoms with Gasteiger partial charge in [-0.05, 0) is 43.0 Å². The minimum Gasteiger partial charge on any atom is -0.497 e. The van der Waals surface area contributed by atoms with Crippen molar-refractivity contribution in [3.8, 4) is 5.75 Å². The molecule has 2 fully saturated rings. The highest BCUT2D eigenvalue weighted by atomic mass is 32.2. The summed E-state index contributed by atoms with van der Waals surface area (Å²) < 4.78 is 7.19. The number of anilines is 1. The van der Waals surface area contributed by atoms with Crippen LogP contribution in [0.25, 0.3) is 11.7 Å². The summed E-state index contributed by atoms with van der Waals surface area (Å²) in [4.78, 5) is 38.0. The van der Waals surface area contributed by atoms with Gasteiger partial charge in [-0.15, -0.1) is 0 Å². The van der Waals surface area contributed by atoms with E-state index in [9.17, 15) is 9.59 Å². The van der Waals surface area contributed by atoms with Crippen LogP contribution in [0.15, 0.2) is 58.4 Å². The van der Waals surface area contributed by atoms with Gasteiger partial charge in [0.1, 0.15) is 21.5 Å². The molecule has 35 heavy (non-hydrogen) atoms. The van der Waals surface area contributed by atoms with Crippen LogP contribution in [0.2, 0.25) is 0 Å². The second kappa shape index (κ2) is 9.80. The van der Waals surface area contributed by atoms with Gasteiger partial charge < -0.3 is 14.5 Å². The Kier molecular flexibility index (Phi) is 6.59. The maximum atomic E-state index is 13.5. The normalized spacial score (nSPS) is 18.2. The van der Waals surface area contributed by atoms with Crippen LogP contribution in [-0.4, -0.2) is 69.7 Å². The van der Waals surface area contributed by atoms with Gasteiger partial charge >= 0.3 is 0 Å². The van der Waals surface area contributed by atoms with Crippen LogP contribution in [0, 0.1) is 0 Å². The first-order chi connectivity index (χ1) is 16.9. The summed E-state index contributed by atoms with van der Waals surface area (Å²) in [6, 6.07) is 13.0. The van der Waals surface area contributed by atoms with E-state index in [1.54, 1.807) is 30.3 Å². The number of thioether (sulfide) groups is 1. The van der Waals surface area contributed by atoms with Crippen molar-refractivity contribution in [3.63, 3.8) is 0 Å². The summed E-state index contributed by atoms with van der Waals surface area (Å²) in [6.45, 7) is 3.61. The largest absolute Gasteiger partial charge is 0.497 e. The molecule has 10 heteroatoms. The van der Waals surface area contributed by atoms with Gasteiger partial charge in [0.2, 0.25) is 0 Å². The second-order valence-electron chi connectivity index (χ2n) is 8.49. The third kappa shape index (κ3) is 4.69. The van der Waals surface area contributed by atoms with Gasteiger partial charge in [-0.1, -0.05) is 42.2 Å². The van der Waals surface area contributed by atoms with Crippen molar-refractivity contribution in [1.29, 1.82) is 0 Å². The maximum absolute atomic E-state index is 13.5. The minimum absolute atomic E-state index is 0.204. The fourth-order valence-electron chi connectivity index (χ4n) is 4.16. The van der Waals surface area contributed by atoms with Crippen LogP contribution in [0.5, 0.6) is 5.75 Å². The molecule has 0 bridgehead atoms. The van der Waals surface area contributed by atoms with E-state index in [-0.39, 0.29) is 11.5 Å². The molecule has 2 aliphatic rings. The Morgan fingerprint density at radius 2 is 1.83 bits per heavy atom. The highest BCUT2D eigenvalue weighted by Gasteiger charge is 2.33. The number of likely N-dealkylation sites (N-methyl/N-ethyl adjacent to an activating group) is 1. The molecule has 0 atom stereocenters. The highest BCUT2D eigenvalue weighted by Crippen LogP contribution is 2.34. The number of carbonyl (C=O) groups is 1. The molecule has 0 saturated carbocycles. The summed E-state index contributed by atoms with van der Waals surface area (Å²) in [6.07, 6.45) is 3.36. The first kappa shape index (κ1) is 23.5. The maximum Gasteiger partial charge on any atom is 0.267 e. The van der Waals surface area contributed by atoms with Crippen molar-refractivity contribution in [1.82, 2.24) is 19.2 Å². The topological polar surface area (TPSA) is 70.4 Å². The summed E-state index contributed by atoms with van der Waals surface area (Å²) in [5, 5.41) is 0. The Morgan fingerprint density at radius 3 is 2.54 bits per heavy atom. The Balaban J connectivity index is 1.51. The summed E-state index contributed by atoms with van der Waals surface area (Å²) in [5.74, 6) is 1.15.